The maximum absolute atomic E-state index is 11.3. The quantitative estimate of drug-likeness (QED) is 0.651. The number of halogens is 1. The molecule has 4 nitrogen and oxygen atoms in total. The zero-order valence-corrected chi connectivity index (χ0v) is 14.1. The van der Waals surface area contributed by atoms with E-state index in [1.54, 1.807) is 11.3 Å². The van der Waals surface area contributed by atoms with E-state index in [2.05, 4.69) is 56.5 Å². The maximum Gasteiger partial charge on any atom is 0.323 e. The Kier molecular flexibility index (Phi) is 4.01. The molecule has 0 fully saturated rings. The molecule has 2 unspecified atom stereocenters. The summed E-state index contributed by atoms with van der Waals surface area (Å²) in [5.41, 5.74) is 2.66. The minimum atomic E-state index is -0.168. The average molecular weight is 366 g/mol. The fourth-order valence-corrected chi connectivity index (χ4v) is 4.22. The van der Waals surface area contributed by atoms with Gasteiger partial charge in [-0.15, -0.1) is 11.3 Å². The number of benzene rings is 1. The van der Waals surface area contributed by atoms with Crippen LogP contribution in [0.2, 0.25) is 0 Å². The Morgan fingerprint density at radius 2 is 1.90 bits per heavy atom. The van der Waals surface area contributed by atoms with E-state index < -0.39 is 0 Å². The van der Waals surface area contributed by atoms with Gasteiger partial charge in [-0.3, -0.25) is 0 Å². The molecular formula is C15H16BrN3OS. The molecule has 110 valence electrons. The van der Waals surface area contributed by atoms with Gasteiger partial charge in [0.05, 0.1) is 11.0 Å². The van der Waals surface area contributed by atoms with Crippen LogP contribution in [0, 0.1) is 0 Å². The van der Waals surface area contributed by atoms with Gasteiger partial charge in [0.15, 0.2) is 0 Å². The lowest BCUT2D eigenvalue weighted by atomic mass is 10.1. The number of H-pyrrole nitrogens is 2. The molecule has 0 saturated heterocycles. The molecule has 0 aliphatic rings. The molecule has 3 aromatic rings. The van der Waals surface area contributed by atoms with E-state index in [1.807, 2.05) is 18.2 Å². The second kappa shape index (κ2) is 5.79. The largest absolute Gasteiger partial charge is 0.323 e. The van der Waals surface area contributed by atoms with Crippen LogP contribution in [-0.4, -0.2) is 9.97 Å². The Morgan fingerprint density at radius 3 is 2.62 bits per heavy atom. The monoisotopic (exact) mass is 365 g/mol. The molecule has 3 N–H and O–H groups in total. The van der Waals surface area contributed by atoms with Crippen LogP contribution in [0.4, 0.5) is 0 Å². The second-order valence-corrected chi connectivity index (χ2v) is 6.93. The van der Waals surface area contributed by atoms with Crippen molar-refractivity contribution >= 4 is 38.3 Å². The predicted octanol–water partition coefficient (Wildman–Crippen LogP) is 4.09. The smallest absolute Gasteiger partial charge is 0.306 e. The van der Waals surface area contributed by atoms with Crippen LogP contribution in [0.3, 0.4) is 0 Å². The summed E-state index contributed by atoms with van der Waals surface area (Å²) in [6, 6.07) is 8.51. The van der Waals surface area contributed by atoms with E-state index in [1.165, 1.54) is 4.88 Å². The Bertz CT molecular complexity index is 820. The number of hydrogen-bond donors (Lipinski definition) is 3. The highest BCUT2D eigenvalue weighted by atomic mass is 79.9. The molecule has 0 amide bonds. The number of thiophene rings is 1. The first-order valence-corrected chi connectivity index (χ1v) is 8.43. The Balaban J connectivity index is 1.81. The number of aromatic amines is 2. The van der Waals surface area contributed by atoms with E-state index in [-0.39, 0.29) is 17.8 Å². The molecule has 0 radical (unpaired) electrons. The summed E-state index contributed by atoms with van der Waals surface area (Å²) in [6.45, 7) is 4.29. The highest BCUT2D eigenvalue weighted by molar-refractivity contribution is 9.10. The molecule has 2 atom stereocenters. The van der Waals surface area contributed by atoms with Crippen LogP contribution >= 0.6 is 27.3 Å². The SMILES string of the molecule is CC(NC(C)c1sccc1Br)c1ccc2[nH]c(=O)[nH]c2c1. The summed E-state index contributed by atoms with van der Waals surface area (Å²) in [5.74, 6) is 0. The highest BCUT2D eigenvalue weighted by Gasteiger charge is 2.15. The first-order valence-electron chi connectivity index (χ1n) is 6.75. The Labute approximate surface area is 134 Å². The fourth-order valence-electron chi connectivity index (χ4n) is 2.48. The van der Waals surface area contributed by atoms with E-state index in [9.17, 15) is 4.79 Å². The maximum atomic E-state index is 11.3. The van der Waals surface area contributed by atoms with Crippen molar-refractivity contribution in [2.24, 2.45) is 0 Å². The Morgan fingerprint density at radius 1 is 1.14 bits per heavy atom. The number of rotatable bonds is 4. The molecule has 2 heterocycles. The van der Waals surface area contributed by atoms with Gasteiger partial charge in [-0.25, -0.2) is 4.79 Å². The van der Waals surface area contributed by atoms with Gasteiger partial charge < -0.3 is 15.3 Å². The third-order valence-electron chi connectivity index (χ3n) is 3.58. The molecule has 2 aromatic heterocycles. The Hall–Kier alpha value is -1.37. The predicted molar refractivity (Wildman–Crippen MR) is 90.9 cm³/mol. The van der Waals surface area contributed by atoms with E-state index in [4.69, 9.17) is 0 Å². The standard InChI is InChI=1S/C15H16BrN3OS/c1-8(17-9(2)14-11(16)5-6-21-14)10-3-4-12-13(7-10)19-15(20)18-12/h3-9,17H,1-2H3,(H2,18,19,20). The van der Waals surface area contributed by atoms with Crippen LogP contribution in [-0.2, 0) is 0 Å². The number of aromatic nitrogens is 2. The van der Waals surface area contributed by atoms with Crippen molar-refractivity contribution in [2.75, 3.05) is 0 Å². The minimum absolute atomic E-state index is 0.168. The molecule has 0 aliphatic carbocycles. The number of fused-ring (bicyclic) bond motifs is 1. The zero-order chi connectivity index (χ0) is 15.0. The first kappa shape index (κ1) is 14.6. The van der Waals surface area contributed by atoms with Gasteiger partial charge in [-0.05, 0) is 58.9 Å². The van der Waals surface area contributed by atoms with Gasteiger partial charge in [0, 0.05) is 21.4 Å². The molecule has 21 heavy (non-hydrogen) atoms. The number of imidazole rings is 1. The second-order valence-electron chi connectivity index (χ2n) is 5.13. The van der Waals surface area contributed by atoms with Gasteiger partial charge in [0.25, 0.3) is 0 Å². The van der Waals surface area contributed by atoms with Crippen molar-refractivity contribution in [2.45, 2.75) is 25.9 Å². The first-order chi connectivity index (χ1) is 10.0. The molecule has 1 aromatic carbocycles. The average Bonchev–Trinajstić information content (AvgIpc) is 3.02. The molecule has 0 aliphatic heterocycles. The van der Waals surface area contributed by atoms with E-state index in [0.29, 0.717) is 0 Å². The van der Waals surface area contributed by atoms with Crippen LogP contribution < -0.4 is 11.0 Å². The van der Waals surface area contributed by atoms with Crippen molar-refractivity contribution in [3.05, 3.63) is 55.0 Å². The number of nitrogens with one attached hydrogen (secondary N) is 3. The van der Waals surface area contributed by atoms with Crippen molar-refractivity contribution in [1.82, 2.24) is 15.3 Å². The van der Waals surface area contributed by atoms with Gasteiger partial charge in [-0.1, -0.05) is 6.07 Å². The van der Waals surface area contributed by atoms with Crippen molar-refractivity contribution in [3.63, 3.8) is 0 Å². The molecule has 6 heteroatoms. The van der Waals surface area contributed by atoms with Crippen LogP contribution in [0.15, 0.2) is 38.9 Å². The third kappa shape index (κ3) is 2.97. The minimum Gasteiger partial charge on any atom is -0.306 e. The van der Waals surface area contributed by atoms with Crippen LogP contribution in [0.25, 0.3) is 11.0 Å². The highest BCUT2D eigenvalue weighted by Crippen LogP contribution is 2.30. The van der Waals surface area contributed by atoms with Gasteiger partial charge in [0.1, 0.15) is 0 Å². The van der Waals surface area contributed by atoms with Crippen LogP contribution in [0.5, 0.6) is 0 Å². The van der Waals surface area contributed by atoms with Crippen LogP contribution in [0.1, 0.15) is 36.4 Å². The lowest BCUT2D eigenvalue weighted by Crippen LogP contribution is -2.22. The fraction of sp³-hybridized carbons (Fsp3) is 0.267. The van der Waals surface area contributed by atoms with Crippen molar-refractivity contribution < 1.29 is 0 Å². The molecular weight excluding hydrogens is 350 g/mol. The molecule has 0 spiro atoms. The third-order valence-corrected chi connectivity index (χ3v) is 5.63. The lowest BCUT2D eigenvalue weighted by molar-refractivity contribution is 0.499. The van der Waals surface area contributed by atoms with Crippen molar-refractivity contribution in [3.8, 4) is 0 Å². The molecule has 3 rings (SSSR count). The topological polar surface area (TPSA) is 60.7 Å². The molecule has 0 bridgehead atoms. The summed E-state index contributed by atoms with van der Waals surface area (Å²) < 4.78 is 1.14. The summed E-state index contributed by atoms with van der Waals surface area (Å²) in [6.07, 6.45) is 0. The van der Waals surface area contributed by atoms with Gasteiger partial charge >= 0.3 is 5.69 Å². The number of hydrogen-bond acceptors (Lipinski definition) is 3. The van der Waals surface area contributed by atoms with Crippen molar-refractivity contribution in [1.29, 1.82) is 0 Å². The normalized spacial score (nSPS) is 14.4. The lowest BCUT2D eigenvalue weighted by Gasteiger charge is -2.20. The van der Waals surface area contributed by atoms with E-state index in [0.717, 1.165) is 21.1 Å². The van der Waals surface area contributed by atoms with Gasteiger partial charge in [-0.2, -0.15) is 0 Å². The summed E-state index contributed by atoms with van der Waals surface area (Å²) in [7, 11) is 0. The van der Waals surface area contributed by atoms with E-state index >= 15 is 0 Å². The summed E-state index contributed by atoms with van der Waals surface area (Å²) in [5, 5.41) is 5.67. The summed E-state index contributed by atoms with van der Waals surface area (Å²) >= 11 is 5.31. The van der Waals surface area contributed by atoms with Gasteiger partial charge in [0.2, 0.25) is 0 Å². The zero-order valence-electron chi connectivity index (χ0n) is 11.7. The summed E-state index contributed by atoms with van der Waals surface area (Å²) in [4.78, 5) is 18.2. The molecule has 0 saturated carbocycles.